The lowest BCUT2D eigenvalue weighted by atomic mass is 9.70. The zero-order chi connectivity index (χ0) is 10.0. The lowest BCUT2D eigenvalue weighted by Crippen LogP contribution is -2.37. The van der Waals surface area contributed by atoms with Crippen molar-refractivity contribution in [1.82, 2.24) is 5.32 Å². The summed E-state index contributed by atoms with van der Waals surface area (Å²) in [6.07, 6.45) is 10.4. The zero-order valence-electron chi connectivity index (χ0n) is 9.81. The van der Waals surface area contributed by atoms with Gasteiger partial charge >= 0.3 is 0 Å². The van der Waals surface area contributed by atoms with Crippen molar-refractivity contribution in [2.45, 2.75) is 51.9 Å². The van der Waals surface area contributed by atoms with Crippen LogP contribution in [0, 0.1) is 17.3 Å². The second-order valence-corrected chi connectivity index (χ2v) is 5.58. The Balaban J connectivity index is 1.99. The molecule has 1 nitrogen and oxygen atoms in total. The van der Waals surface area contributed by atoms with Gasteiger partial charge in [0, 0.05) is 6.54 Å². The molecule has 14 heavy (non-hydrogen) atoms. The molecule has 0 aliphatic heterocycles. The molecular formula is C13H25N. The normalized spacial score (nSPS) is 40.7. The molecule has 0 radical (unpaired) electrons. The maximum absolute atomic E-state index is 3.44. The van der Waals surface area contributed by atoms with Gasteiger partial charge in [-0.15, -0.1) is 0 Å². The van der Waals surface area contributed by atoms with Crippen LogP contribution in [0.5, 0.6) is 0 Å². The maximum atomic E-state index is 3.44. The van der Waals surface area contributed by atoms with E-state index in [0.717, 1.165) is 11.8 Å². The van der Waals surface area contributed by atoms with Crippen LogP contribution in [-0.4, -0.2) is 13.6 Å². The highest BCUT2D eigenvalue weighted by molar-refractivity contribution is 5.01. The first-order valence-corrected chi connectivity index (χ1v) is 6.45. The van der Waals surface area contributed by atoms with Crippen molar-refractivity contribution in [2.24, 2.45) is 17.3 Å². The van der Waals surface area contributed by atoms with E-state index in [0.29, 0.717) is 5.41 Å². The molecule has 2 saturated carbocycles. The monoisotopic (exact) mass is 195 g/mol. The van der Waals surface area contributed by atoms with Gasteiger partial charge in [0.05, 0.1) is 0 Å². The molecule has 0 aromatic carbocycles. The molecule has 2 aliphatic rings. The molecule has 82 valence electrons. The summed E-state index contributed by atoms with van der Waals surface area (Å²) in [7, 11) is 2.12. The Morgan fingerprint density at radius 2 is 2.21 bits per heavy atom. The van der Waals surface area contributed by atoms with Gasteiger partial charge in [0.2, 0.25) is 0 Å². The van der Waals surface area contributed by atoms with E-state index >= 15 is 0 Å². The van der Waals surface area contributed by atoms with E-state index in [1.807, 2.05) is 0 Å². The van der Waals surface area contributed by atoms with Crippen molar-refractivity contribution >= 4 is 0 Å². The first kappa shape index (κ1) is 10.5. The third kappa shape index (κ3) is 1.71. The second-order valence-electron chi connectivity index (χ2n) is 5.58. The van der Waals surface area contributed by atoms with Crippen molar-refractivity contribution in [3.63, 3.8) is 0 Å². The summed E-state index contributed by atoms with van der Waals surface area (Å²) in [5, 5.41) is 3.44. The molecule has 0 saturated heterocycles. The highest BCUT2D eigenvalue weighted by Crippen LogP contribution is 2.57. The summed E-state index contributed by atoms with van der Waals surface area (Å²) in [5.74, 6) is 2.15. The van der Waals surface area contributed by atoms with Crippen LogP contribution in [0.3, 0.4) is 0 Å². The van der Waals surface area contributed by atoms with Crippen LogP contribution >= 0.6 is 0 Å². The number of hydrogen-bond acceptors (Lipinski definition) is 1. The van der Waals surface area contributed by atoms with E-state index in [1.165, 1.54) is 45.1 Å². The first-order valence-electron chi connectivity index (χ1n) is 6.45. The smallest absolute Gasteiger partial charge is 0.000756 e. The van der Waals surface area contributed by atoms with Crippen molar-refractivity contribution in [1.29, 1.82) is 0 Å². The third-order valence-corrected chi connectivity index (χ3v) is 4.66. The summed E-state index contributed by atoms with van der Waals surface area (Å²) in [6.45, 7) is 3.59. The molecule has 0 amide bonds. The molecule has 0 heterocycles. The average molecular weight is 195 g/mol. The summed E-state index contributed by atoms with van der Waals surface area (Å²) >= 11 is 0. The van der Waals surface area contributed by atoms with Gasteiger partial charge in [-0.1, -0.05) is 26.2 Å². The van der Waals surface area contributed by atoms with Gasteiger partial charge < -0.3 is 5.32 Å². The number of rotatable bonds is 5. The Hall–Kier alpha value is -0.0400. The highest BCUT2D eigenvalue weighted by Gasteiger charge is 2.49. The molecule has 3 atom stereocenters. The van der Waals surface area contributed by atoms with Gasteiger partial charge in [-0.2, -0.15) is 0 Å². The SMILES string of the molecule is CCCCC1(CNC)CC2CCC1C2. The van der Waals surface area contributed by atoms with Crippen molar-refractivity contribution in [3.8, 4) is 0 Å². The molecule has 2 aliphatic carbocycles. The largest absolute Gasteiger partial charge is 0.319 e. The van der Waals surface area contributed by atoms with Gasteiger partial charge in [-0.25, -0.2) is 0 Å². The number of fused-ring (bicyclic) bond motifs is 2. The van der Waals surface area contributed by atoms with Crippen molar-refractivity contribution < 1.29 is 0 Å². The standard InChI is InChI=1S/C13H25N/c1-3-4-7-13(10-14-2)9-11-5-6-12(13)8-11/h11-12,14H,3-10H2,1-2H3. The van der Waals surface area contributed by atoms with E-state index < -0.39 is 0 Å². The first-order chi connectivity index (χ1) is 6.80. The lowest BCUT2D eigenvalue weighted by molar-refractivity contribution is 0.142. The Bertz CT molecular complexity index is 190. The minimum absolute atomic E-state index is 0.702. The Morgan fingerprint density at radius 3 is 2.71 bits per heavy atom. The molecule has 2 bridgehead atoms. The summed E-state index contributed by atoms with van der Waals surface area (Å²) in [5.41, 5.74) is 0.702. The van der Waals surface area contributed by atoms with Gasteiger partial charge in [-0.3, -0.25) is 0 Å². The van der Waals surface area contributed by atoms with E-state index in [4.69, 9.17) is 0 Å². The van der Waals surface area contributed by atoms with Crippen LogP contribution < -0.4 is 5.32 Å². The van der Waals surface area contributed by atoms with Crippen LogP contribution in [-0.2, 0) is 0 Å². The molecule has 2 rings (SSSR count). The molecule has 1 N–H and O–H groups in total. The predicted molar refractivity (Wildman–Crippen MR) is 61.3 cm³/mol. The van der Waals surface area contributed by atoms with Crippen molar-refractivity contribution in [2.75, 3.05) is 13.6 Å². The minimum Gasteiger partial charge on any atom is -0.319 e. The number of unbranched alkanes of at least 4 members (excludes halogenated alkanes) is 1. The van der Waals surface area contributed by atoms with Gasteiger partial charge in [0.1, 0.15) is 0 Å². The number of nitrogens with one attached hydrogen (secondary N) is 1. The van der Waals surface area contributed by atoms with Gasteiger partial charge in [0.25, 0.3) is 0 Å². The number of hydrogen-bond donors (Lipinski definition) is 1. The van der Waals surface area contributed by atoms with Crippen LogP contribution in [0.4, 0.5) is 0 Å². The topological polar surface area (TPSA) is 12.0 Å². The molecule has 3 unspecified atom stereocenters. The molecule has 0 aromatic rings. The van der Waals surface area contributed by atoms with Gasteiger partial charge in [0.15, 0.2) is 0 Å². The quantitative estimate of drug-likeness (QED) is 0.710. The third-order valence-electron chi connectivity index (χ3n) is 4.66. The highest BCUT2D eigenvalue weighted by atomic mass is 14.8. The predicted octanol–water partition coefficient (Wildman–Crippen LogP) is 3.20. The molecular weight excluding hydrogens is 170 g/mol. The van der Waals surface area contributed by atoms with Crippen molar-refractivity contribution in [3.05, 3.63) is 0 Å². The molecule has 2 fully saturated rings. The fourth-order valence-electron chi connectivity index (χ4n) is 4.05. The Morgan fingerprint density at radius 1 is 1.36 bits per heavy atom. The Kier molecular flexibility index (Phi) is 3.16. The van der Waals surface area contributed by atoms with Crippen LogP contribution in [0.2, 0.25) is 0 Å². The second kappa shape index (κ2) is 4.22. The molecule has 0 spiro atoms. The van der Waals surface area contributed by atoms with Gasteiger partial charge in [-0.05, 0) is 50.0 Å². The average Bonchev–Trinajstić information content (AvgIpc) is 2.75. The van der Waals surface area contributed by atoms with E-state index in [9.17, 15) is 0 Å². The maximum Gasteiger partial charge on any atom is 0.000756 e. The summed E-state index contributed by atoms with van der Waals surface area (Å²) in [6, 6.07) is 0. The summed E-state index contributed by atoms with van der Waals surface area (Å²) < 4.78 is 0. The van der Waals surface area contributed by atoms with Crippen LogP contribution in [0.15, 0.2) is 0 Å². The van der Waals surface area contributed by atoms with E-state index in [1.54, 1.807) is 6.42 Å². The van der Waals surface area contributed by atoms with E-state index in [2.05, 4.69) is 19.3 Å². The molecule has 0 aromatic heterocycles. The molecule has 1 heteroatoms. The zero-order valence-corrected chi connectivity index (χ0v) is 9.81. The minimum atomic E-state index is 0.702. The fourth-order valence-corrected chi connectivity index (χ4v) is 4.05. The fraction of sp³-hybridized carbons (Fsp3) is 1.00. The van der Waals surface area contributed by atoms with Crippen LogP contribution in [0.25, 0.3) is 0 Å². The lowest BCUT2D eigenvalue weighted by Gasteiger charge is -2.38. The summed E-state index contributed by atoms with van der Waals surface area (Å²) in [4.78, 5) is 0. The van der Waals surface area contributed by atoms with Crippen LogP contribution in [0.1, 0.15) is 51.9 Å². The van der Waals surface area contributed by atoms with E-state index in [-0.39, 0.29) is 0 Å². The Labute approximate surface area is 88.7 Å².